The molecule has 2 aliphatic rings. The first-order valence-corrected chi connectivity index (χ1v) is 8.96. The topological polar surface area (TPSA) is 81.4 Å². The molecule has 8 heteroatoms. The van der Waals surface area contributed by atoms with Gasteiger partial charge in [-0.3, -0.25) is 4.79 Å². The molecular formula is C14H14N2O4S2. The molecule has 22 heavy (non-hydrogen) atoms. The molecular weight excluding hydrogens is 324 g/mol. The first-order chi connectivity index (χ1) is 10.6. The van der Waals surface area contributed by atoms with Gasteiger partial charge >= 0.3 is 5.97 Å². The van der Waals surface area contributed by atoms with Crippen molar-refractivity contribution in [2.24, 2.45) is 0 Å². The van der Waals surface area contributed by atoms with Gasteiger partial charge in [0.05, 0.1) is 17.7 Å². The van der Waals surface area contributed by atoms with Gasteiger partial charge in [0.15, 0.2) is 5.16 Å². The second-order valence-electron chi connectivity index (χ2n) is 5.40. The lowest BCUT2D eigenvalue weighted by Gasteiger charge is -2.21. The lowest BCUT2D eigenvalue weighted by atomic mass is 10.2. The van der Waals surface area contributed by atoms with Gasteiger partial charge < -0.3 is 9.84 Å². The van der Waals surface area contributed by atoms with Gasteiger partial charge in [-0.1, -0.05) is 11.8 Å². The summed E-state index contributed by atoms with van der Waals surface area (Å²) in [6, 6.07) is 0. The molecule has 0 spiro atoms. The van der Waals surface area contributed by atoms with Crippen molar-refractivity contribution in [3.05, 3.63) is 20.8 Å². The fourth-order valence-corrected chi connectivity index (χ4v) is 5.48. The highest BCUT2D eigenvalue weighted by molar-refractivity contribution is 7.99. The van der Waals surface area contributed by atoms with E-state index in [0.29, 0.717) is 15.4 Å². The number of thiophene rings is 1. The number of nitrogens with zero attached hydrogens (tertiary/aromatic N) is 2. The van der Waals surface area contributed by atoms with Crippen LogP contribution >= 0.6 is 23.1 Å². The molecule has 0 amide bonds. The second-order valence-corrected chi connectivity index (χ2v) is 7.42. The summed E-state index contributed by atoms with van der Waals surface area (Å²) in [5, 5.41) is 11.6. The molecule has 0 bridgehead atoms. The normalized spacial score (nSPS) is 22.8. The highest BCUT2D eigenvalue weighted by Gasteiger charge is 2.48. The number of aryl methyl sites for hydroxylation is 2. The predicted molar refractivity (Wildman–Crippen MR) is 83.5 cm³/mol. The monoisotopic (exact) mass is 338 g/mol. The Labute approximate surface area is 134 Å². The van der Waals surface area contributed by atoms with Crippen LogP contribution in [0.3, 0.4) is 0 Å². The van der Waals surface area contributed by atoms with Gasteiger partial charge in [-0.25, -0.2) is 14.3 Å². The molecule has 3 heterocycles. The Hall–Kier alpha value is -1.38. The molecule has 0 radical (unpaired) electrons. The van der Waals surface area contributed by atoms with Crippen molar-refractivity contribution in [1.82, 2.24) is 9.55 Å². The predicted octanol–water partition coefficient (Wildman–Crippen LogP) is 1.26. The molecule has 1 aliphatic carbocycles. The summed E-state index contributed by atoms with van der Waals surface area (Å²) >= 11 is 2.76. The molecule has 4 rings (SSSR count). The first-order valence-electron chi connectivity index (χ1n) is 7.16. The van der Waals surface area contributed by atoms with Crippen LogP contribution in [0.1, 0.15) is 23.8 Å². The van der Waals surface area contributed by atoms with Gasteiger partial charge in [0.1, 0.15) is 4.83 Å². The number of rotatable bonds is 2. The van der Waals surface area contributed by atoms with Crippen LogP contribution in [0, 0.1) is 0 Å². The zero-order valence-electron chi connectivity index (χ0n) is 11.9. The van der Waals surface area contributed by atoms with E-state index in [9.17, 15) is 14.7 Å². The number of hydrogen-bond acceptors (Lipinski definition) is 7. The summed E-state index contributed by atoms with van der Waals surface area (Å²) in [4.78, 5) is 31.4. The Morgan fingerprint density at radius 3 is 3.09 bits per heavy atom. The van der Waals surface area contributed by atoms with E-state index < -0.39 is 11.7 Å². The van der Waals surface area contributed by atoms with Crippen LogP contribution in [0.2, 0.25) is 0 Å². The summed E-state index contributed by atoms with van der Waals surface area (Å²) < 4.78 is 6.05. The lowest BCUT2D eigenvalue weighted by molar-refractivity contribution is -0.173. The van der Waals surface area contributed by atoms with E-state index in [1.54, 1.807) is 18.3 Å². The Kier molecular flexibility index (Phi) is 3.11. The van der Waals surface area contributed by atoms with Crippen molar-refractivity contribution in [1.29, 1.82) is 0 Å². The van der Waals surface area contributed by atoms with E-state index in [4.69, 9.17) is 4.74 Å². The van der Waals surface area contributed by atoms with Crippen molar-refractivity contribution < 1.29 is 14.6 Å². The molecule has 1 N–H and O–H groups in total. The maximum atomic E-state index is 12.9. The standard InChI is InChI=1S/C14H14N2O4S2/c1-2-20-12(18)14(19)6-21-13-15-10-9(11(17)16(13)14)7-4-3-5-8(7)22-10/h19H,2-6H2,1H3/t14-/m1/s1. The Morgan fingerprint density at radius 2 is 2.32 bits per heavy atom. The van der Waals surface area contributed by atoms with Gasteiger partial charge in [0.2, 0.25) is 0 Å². The van der Waals surface area contributed by atoms with Crippen LogP contribution in [-0.4, -0.2) is 33.0 Å². The largest absolute Gasteiger partial charge is 0.462 e. The molecule has 0 saturated carbocycles. The number of aliphatic hydroxyl groups is 1. The summed E-state index contributed by atoms with van der Waals surface area (Å²) in [7, 11) is 0. The van der Waals surface area contributed by atoms with E-state index in [-0.39, 0.29) is 17.9 Å². The number of esters is 1. The number of carbonyl (C=O) groups is 1. The molecule has 0 fully saturated rings. The maximum Gasteiger partial charge on any atom is 0.361 e. The highest BCUT2D eigenvalue weighted by Crippen LogP contribution is 2.39. The average Bonchev–Trinajstić information content (AvgIpc) is 3.13. The SMILES string of the molecule is CCOC(=O)[C@]1(O)CSc2nc3sc4c(c3c(=O)n21)CCC4. The number of thioether (sulfide) groups is 1. The molecule has 2 aromatic heterocycles. The number of ether oxygens (including phenoxy) is 1. The van der Waals surface area contributed by atoms with Crippen molar-refractivity contribution in [3.8, 4) is 0 Å². The molecule has 116 valence electrons. The quantitative estimate of drug-likeness (QED) is 0.656. The molecule has 1 aliphatic heterocycles. The van der Waals surface area contributed by atoms with Crippen LogP contribution in [0.25, 0.3) is 10.2 Å². The van der Waals surface area contributed by atoms with Crippen molar-refractivity contribution in [2.75, 3.05) is 12.4 Å². The van der Waals surface area contributed by atoms with E-state index in [1.807, 2.05) is 0 Å². The van der Waals surface area contributed by atoms with Crippen LogP contribution in [0.4, 0.5) is 0 Å². The fraction of sp³-hybridized carbons (Fsp3) is 0.500. The van der Waals surface area contributed by atoms with Crippen molar-refractivity contribution >= 4 is 39.3 Å². The van der Waals surface area contributed by atoms with E-state index >= 15 is 0 Å². The van der Waals surface area contributed by atoms with E-state index in [2.05, 4.69) is 4.98 Å². The van der Waals surface area contributed by atoms with Crippen LogP contribution in [0.15, 0.2) is 9.95 Å². The van der Waals surface area contributed by atoms with Crippen molar-refractivity contribution in [3.63, 3.8) is 0 Å². The minimum absolute atomic E-state index is 0.0491. The molecule has 0 aromatic carbocycles. The lowest BCUT2D eigenvalue weighted by Crippen LogP contribution is -2.48. The van der Waals surface area contributed by atoms with E-state index in [1.165, 1.54) is 16.6 Å². The maximum absolute atomic E-state index is 12.9. The van der Waals surface area contributed by atoms with Gasteiger partial charge in [-0.2, -0.15) is 0 Å². The summed E-state index contributed by atoms with van der Waals surface area (Å²) in [6.45, 7) is 1.82. The van der Waals surface area contributed by atoms with Gasteiger partial charge in [-0.15, -0.1) is 11.3 Å². The number of hydrogen-bond donors (Lipinski definition) is 1. The van der Waals surface area contributed by atoms with Crippen molar-refractivity contribution in [2.45, 2.75) is 37.1 Å². The minimum Gasteiger partial charge on any atom is -0.462 e. The number of aromatic nitrogens is 2. The fourth-order valence-electron chi connectivity index (χ4n) is 3.07. The highest BCUT2D eigenvalue weighted by atomic mass is 32.2. The molecule has 2 aromatic rings. The number of carbonyl (C=O) groups excluding carboxylic acids is 1. The summed E-state index contributed by atoms with van der Waals surface area (Å²) in [5.41, 5.74) is -1.25. The van der Waals surface area contributed by atoms with E-state index in [0.717, 1.165) is 29.4 Å². The molecule has 6 nitrogen and oxygen atoms in total. The van der Waals surface area contributed by atoms with Gasteiger partial charge in [-0.05, 0) is 31.7 Å². The van der Waals surface area contributed by atoms with Crippen LogP contribution < -0.4 is 5.56 Å². The van der Waals surface area contributed by atoms with Gasteiger partial charge in [0, 0.05) is 4.88 Å². The summed E-state index contributed by atoms with van der Waals surface area (Å²) in [6.07, 6.45) is 2.87. The Bertz CT molecular complexity index is 857. The third kappa shape index (κ3) is 1.74. The van der Waals surface area contributed by atoms with Gasteiger partial charge in [0.25, 0.3) is 11.3 Å². The Morgan fingerprint density at radius 1 is 1.50 bits per heavy atom. The molecule has 1 atom stereocenters. The third-order valence-corrected chi connectivity index (χ3v) is 6.35. The molecule has 0 saturated heterocycles. The minimum atomic E-state index is -1.96. The Balaban J connectivity index is 1.98. The second kappa shape index (κ2) is 4.81. The summed E-state index contributed by atoms with van der Waals surface area (Å²) in [5.74, 6) is -0.746. The van der Waals surface area contributed by atoms with Crippen LogP contribution in [0.5, 0.6) is 0 Å². The number of fused-ring (bicyclic) bond motifs is 4. The average molecular weight is 338 g/mol. The zero-order valence-corrected chi connectivity index (χ0v) is 13.6. The third-order valence-electron chi connectivity index (χ3n) is 4.08. The smallest absolute Gasteiger partial charge is 0.361 e. The molecule has 0 unspecified atom stereocenters. The first kappa shape index (κ1) is 14.2. The zero-order chi connectivity index (χ0) is 15.5. The van der Waals surface area contributed by atoms with Crippen LogP contribution in [-0.2, 0) is 28.1 Å².